The largest absolute Gasteiger partial charge is 0.496 e. The zero-order valence-corrected chi connectivity index (χ0v) is 23.9. The van der Waals surface area contributed by atoms with Crippen molar-refractivity contribution in [2.45, 2.75) is 63.3 Å². The second kappa shape index (κ2) is 13.0. The number of pyridine rings is 1. The number of hydrogen-bond acceptors (Lipinski definition) is 9. The highest BCUT2D eigenvalue weighted by Crippen LogP contribution is 2.36. The van der Waals surface area contributed by atoms with Crippen LogP contribution in [-0.2, 0) is 14.8 Å². The zero-order chi connectivity index (χ0) is 29.6. The van der Waals surface area contributed by atoms with E-state index < -0.39 is 31.6 Å². The van der Waals surface area contributed by atoms with Crippen LogP contribution >= 0.6 is 0 Å². The minimum absolute atomic E-state index is 0.107. The van der Waals surface area contributed by atoms with Crippen molar-refractivity contribution in [2.24, 2.45) is 0 Å². The van der Waals surface area contributed by atoms with Gasteiger partial charge in [0.25, 0.3) is 5.69 Å². The first-order valence-corrected chi connectivity index (χ1v) is 14.8. The van der Waals surface area contributed by atoms with Crippen LogP contribution < -0.4 is 9.46 Å². The molecule has 0 bridgehead atoms. The number of aromatic nitrogens is 2. The van der Waals surface area contributed by atoms with Crippen LogP contribution in [-0.4, -0.2) is 36.2 Å². The molecule has 1 atom stereocenters. The van der Waals surface area contributed by atoms with Gasteiger partial charge in [-0.2, -0.15) is 4.72 Å². The van der Waals surface area contributed by atoms with Gasteiger partial charge in [0.05, 0.1) is 35.4 Å². The van der Waals surface area contributed by atoms with Gasteiger partial charge in [-0.15, -0.1) is 0 Å². The highest BCUT2D eigenvalue weighted by Gasteiger charge is 2.30. The van der Waals surface area contributed by atoms with Crippen molar-refractivity contribution in [1.82, 2.24) is 14.7 Å². The molecule has 0 saturated heterocycles. The summed E-state index contributed by atoms with van der Waals surface area (Å²) in [6.45, 7) is 3.72. The number of para-hydroxylation sites is 1. The number of rotatable bonds is 14. The Hall–Kier alpha value is -4.16. The lowest BCUT2D eigenvalue weighted by atomic mass is 10.1. The molecule has 2 aromatic heterocycles. The van der Waals surface area contributed by atoms with Gasteiger partial charge in [0.15, 0.2) is 10.7 Å². The standard InChI is InChI=1S/C29H32N4O7S/c1-4-21(34)10-6-5-7-11-23(32-41(37,38)28-13-9-8-12-25(28)33(35)36)29-30-18-27(40-29)22-16-20-15-14-19(2)31-24(20)17-26(22)39-3/h8-9,12-18,23,32H,4-7,10-11H2,1-3H3. The van der Waals surface area contributed by atoms with Crippen LogP contribution in [0.25, 0.3) is 22.2 Å². The summed E-state index contributed by atoms with van der Waals surface area (Å²) >= 11 is 0. The number of methoxy groups -OCH3 is 1. The Labute approximate surface area is 238 Å². The van der Waals surface area contributed by atoms with Gasteiger partial charge in [-0.3, -0.25) is 19.9 Å². The van der Waals surface area contributed by atoms with Crippen molar-refractivity contribution in [3.05, 3.63) is 76.4 Å². The van der Waals surface area contributed by atoms with Crippen LogP contribution in [0.3, 0.4) is 0 Å². The Balaban J connectivity index is 1.65. The molecule has 0 aliphatic carbocycles. The van der Waals surface area contributed by atoms with Gasteiger partial charge in [0.1, 0.15) is 11.5 Å². The van der Waals surface area contributed by atoms with Crippen molar-refractivity contribution in [1.29, 1.82) is 0 Å². The summed E-state index contributed by atoms with van der Waals surface area (Å²) in [5.74, 6) is 1.15. The van der Waals surface area contributed by atoms with Crippen LogP contribution in [0.15, 0.2) is 64.0 Å². The lowest BCUT2D eigenvalue weighted by molar-refractivity contribution is -0.387. The maximum absolute atomic E-state index is 13.4. The number of ether oxygens (including phenoxy) is 1. The number of fused-ring (bicyclic) bond motifs is 1. The number of aryl methyl sites for hydroxylation is 1. The fraction of sp³-hybridized carbons (Fsp3) is 0.345. The second-order valence-corrected chi connectivity index (χ2v) is 11.3. The molecule has 2 heterocycles. The zero-order valence-electron chi connectivity index (χ0n) is 23.1. The first-order valence-electron chi connectivity index (χ1n) is 13.3. The molecule has 0 fully saturated rings. The van der Waals surface area contributed by atoms with E-state index in [1.807, 2.05) is 32.0 Å². The third-order valence-corrected chi connectivity index (χ3v) is 8.25. The number of hydrogen-bond donors (Lipinski definition) is 1. The Morgan fingerprint density at radius 1 is 1.15 bits per heavy atom. The van der Waals surface area contributed by atoms with Gasteiger partial charge in [-0.1, -0.05) is 38.0 Å². The van der Waals surface area contributed by atoms with E-state index in [1.165, 1.54) is 31.5 Å². The van der Waals surface area contributed by atoms with Crippen molar-refractivity contribution in [3.8, 4) is 17.1 Å². The fourth-order valence-corrected chi connectivity index (χ4v) is 5.93. The Morgan fingerprint density at radius 3 is 2.66 bits per heavy atom. The number of nitro benzene ring substituents is 1. The third kappa shape index (κ3) is 7.14. The van der Waals surface area contributed by atoms with Crippen molar-refractivity contribution < 1.29 is 27.3 Å². The third-order valence-electron chi connectivity index (χ3n) is 6.73. The summed E-state index contributed by atoms with van der Waals surface area (Å²) in [4.78, 5) is 30.9. The Kier molecular flexibility index (Phi) is 9.46. The second-order valence-electron chi connectivity index (χ2n) is 9.65. The molecule has 216 valence electrons. The molecular formula is C29H32N4O7S. The average Bonchev–Trinajstić information content (AvgIpc) is 3.45. The van der Waals surface area contributed by atoms with Gasteiger partial charge in [-0.25, -0.2) is 13.4 Å². The number of ketones is 1. The number of nitro groups is 1. The first-order chi connectivity index (χ1) is 19.6. The number of nitrogens with one attached hydrogen (secondary N) is 1. The van der Waals surface area contributed by atoms with Gasteiger partial charge >= 0.3 is 0 Å². The minimum atomic E-state index is -4.32. The normalized spacial score (nSPS) is 12.4. The van der Waals surface area contributed by atoms with E-state index in [0.29, 0.717) is 55.6 Å². The van der Waals surface area contributed by atoms with Crippen LogP contribution in [0.5, 0.6) is 5.75 Å². The number of Topliss-reactive ketones (excluding diaryl/α,β-unsaturated/α-hetero) is 1. The lowest BCUT2D eigenvalue weighted by Crippen LogP contribution is -2.29. The molecule has 4 aromatic rings. The van der Waals surface area contributed by atoms with Crippen LogP contribution in [0.2, 0.25) is 0 Å². The fourth-order valence-electron chi connectivity index (χ4n) is 4.53. The summed E-state index contributed by atoms with van der Waals surface area (Å²) in [6.07, 6.45) is 4.67. The molecule has 0 radical (unpaired) electrons. The molecule has 11 nitrogen and oxygen atoms in total. The number of benzene rings is 2. The van der Waals surface area contributed by atoms with E-state index in [2.05, 4.69) is 14.7 Å². The lowest BCUT2D eigenvalue weighted by Gasteiger charge is -2.16. The van der Waals surface area contributed by atoms with Crippen LogP contribution in [0.4, 0.5) is 5.69 Å². The summed E-state index contributed by atoms with van der Waals surface area (Å²) in [6, 6.07) is 11.7. The molecule has 1 N–H and O–H groups in total. The smallest absolute Gasteiger partial charge is 0.289 e. The van der Waals surface area contributed by atoms with Gasteiger partial charge < -0.3 is 9.15 Å². The van der Waals surface area contributed by atoms with E-state index in [1.54, 1.807) is 6.07 Å². The summed E-state index contributed by atoms with van der Waals surface area (Å²) in [5.41, 5.74) is 1.70. The SMILES string of the molecule is CCC(=O)CCCCCC(NS(=O)(=O)c1ccccc1[N+](=O)[O-])c1ncc(-c2cc3ccc(C)nc3cc2OC)o1. The predicted molar refractivity (Wildman–Crippen MR) is 153 cm³/mol. The molecule has 4 rings (SSSR count). The maximum atomic E-state index is 13.4. The van der Waals surface area contributed by atoms with Crippen molar-refractivity contribution >= 4 is 32.4 Å². The van der Waals surface area contributed by atoms with Crippen LogP contribution in [0, 0.1) is 17.0 Å². The first kappa shape index (κ1) is 29.8. The van der Waals surface area contributed by atoms with E-state index in [-0.39, 0.29) is 11.7 Å². The topological polar surface area (TPSA) is 155 Å². The Morgan fingerprint density at radius 2 is 1.93 bits per heavy atom. The number of carbonyl (C=O) groups excluding carboxylic acids is 1. The van der Waals surface area contributed by atoms with Crippen LogP contribution in [0.1, 0.15) is 63.1 Å². The molecule has 1 unspecified atom stereocenters. The summed E-state index contributed by atoms with van der Waals surface area (Å²) in [7, 11) is -2.79. The molecule has 0 spiro atoms. The Bertz CT molecular complexity index is 1670. The monoisotopic (exact) mass is 580 g/mol. The molecule has 0 aliphatic rings. The highest BCUT2D eigenvalue weighted by atomic mass is 32.2. The predicted octanol–water partition coefficient (Wildman–Crippen LogP) is 6.06. The maximum Gasteiger partial charge on any atom is 0.289 e. The minimum Gasteiger partial charge on any atom is -0.496 e. The molecule has 12 heteroatoms. The van der Waals surface area contributed by atoms with Gasteiger partial charge in [0.2, 0.25) is 15.9 Å². The quantitative estimate of drug-likeness (QED) is 0.106. The number of oxazole rings is 1. The molecule has 41 heavy (non-hydrogen) atoms. The highest BCUT2D eigenvalue weighted by molar-refractivity contribution is 7.89. The average molecular weight is 581 g/mol. The summed E-state index contributed by atoms with van der Waals surface area (Å²) < 4.78 is 40.9. The molecular weight excluding hydrogens is 548 g/mol. The number of sulfonamides is 1. The molecule has 0 saturated carbocycles. The summed E-state index contributed by atoms with van der Waals surface area (Å²) in [5, 5.41) is 12.4. The van der Waals surface area contributed by atoms with Crippen molar-refractivity contribution in [3.63, 3.8) is 0 Å². The van der Waals surface area contributed by atoms with E-state index in [4.69, 9.17) is 9.15 Å². The van der Waals surface area contributed by atoms with Crippen molar-refractivity contribution in [2.75, 3.05) is 7.11 Å². The van der Waals surface area contributed by atoms with E-state index in [9.17, 15) is 23.3 Å². The number of carbonyl (C=O) groups is 1. The molecule has 0 aliphatic heterocycles. The van der Waals surface area contributed by atoms with Gasteiger partial charge in [-0.05, 0) is 38.0 Å². The number of unbranched alkanes of at least 4 members (excludes halogenated alkanes) is 2. The molecule has 0 amide bonds. The van der Waals surface area contributed by atoms with Gasteiger partial charge in [0, 0.05) is 36.1 Å². The van der Waals surface area contributed by atoms with E-state index in [0.717, 1.165) is 22.7 Å². The van der Waals surface area contributed by atoms with E-state index >= 15 is 0 Å². The number of nitrogens with zero attached hydrogens (tertiary/aromatic N) is 3. The molecule has 2 aromatic carbocycles.